The van der Waals surface area contributed by atoms with Crippen molar-refractivity contribution in [1.29, 1.82) is 0 Å². The lowest BCUT2D eigenvalue weighted by Crippen LogP contribution is -2.54. The maximum Gasteiger partial charge on any atom is 0.244 e. The van der Waals surface area contributed by atoms with Crippen LogP contribution in [0, 0.1) is 0 Å². The number of hydrogen-bond donors (Lipinski definition) is 0. The molecule has 0 radical (unpaired) electrons. The van der Waals surface area contributed by atoms with E-state index >= 15 is 0 Å². The van der Waals surface area contributed by atoms with Gasteiger partial charge in [0.05, 0.1) is 11.7 Å². The molecular formula is C21H26N4O. The Labute approximate surface area is 155 Å². The molecule has 5 nitrogen and oxygen atoms in total. The van der Waals surface area contributed by atoms with Gasteiger partial charge in [-0.25, -0.2) is 0 Å². The number of nitrogens with zero attached hydrogens (tertiary/aromatic N) is 4. The average molecular weight is 350 g/mol. The lowest BCUT2D eigenvalue weighted by Gasteiger charge is -2.38. The number of aromatic nitrogens is 1. The summed E-state index contributed by atoms with van der Waals surface area (Å²) in [6, 6.07) is 14.3. The molecule has 0 aliphatic carbocycles. The van der Waals surface area contributed by atoms with Crippen LogP contribution in [0.3, 0.4) is 0 Å². The molecular weight excluding hydrogens is 324 g/mol. The summed E-state index contributed by atoms with van der Waals surface area (Å²) in [4.78, 5) is 24.2. The molecule has 1 atom stereocenters. The van der Waals surface area contributed by atoms with Gasteiger partial charge in [-0.2, -0.15) is 0 Å². The zero-order chi connectivity index (χ0) is 17.9. The second kappa shape index (κ2) is 7.56. The van der Waals surface area contributed by atoms with E-state index < -0.39 is 0 Å². The molecule has 4 rings (SSSR count). The Kier molecular flexibility index (Phi) is 5.00. The van der Waals surface area contributed by atoms with E-state index in [1.54, 1.807) is 0 Å². The number of benzene rings is 1. The zero-order valence-corrected chi connectivity index (χ0v) is 15.3. The lowest BCUT2D eigenvalue weighted by molar-refractivity contribution is -0.123. The summed E-state index contributed by atoms with van der Waals surface area (Å²) >= 11 is 0. The second-order valence-electron chi connectivity index (χ2n) is 7.18. The van der Waals surface area contributed by atoms with Crippen LogP contribution in [0.5, 0.6) is 0 Å². The maximum atomic E-state index is 13.0. The van der Waals surface area contributed by atoms with E-state index in [1.807, 2.05) is 29.3 Å². The molecule has 0 saturated carbocycles. The summed E-state index contributed by atoms with van der Waals surface area (Å²) in [5, 5.41) is 0. The van der Waals surface area contributed by atoms with Crippen LogP contribution in [-0.2, 0) is 17.8 Å². The quantitative estimate of drug-likeness (QED) is 0.847. The van der Waals surface area contributed by atoms with E-state index in [0.717, 1.165) is 57.1 Å². The van der Waals surface area contributed by atoms with Crippen LogP contribution in [0.15, 0.2) is 48.7 Å². The fourth-order valence-corrected chi connectivity index (χ4v) is 3.98. The molecule has 1 unspecified atom stereocenters. The molecule has 2 aromatic rings. The Hall–Kier alpha value is -2.24. The van der Waals surface area contributed by atoms with Crippen molar-refractivity contribution in [2.24, 2.45) is 0 Å². The van der Waals surface area contributed by atoms with Gasteiger partial charge in [-0.1, -0.05) is 24.3 Å². The Bertz CT molecular complexity index is 756. The SMILES string of the molecule is CC(C(=O)N1CCc2ccccc21)N1CCN(Cc2ccccn2)CC1. The first-order chi connectivity index (χ1) is 12.7. The van der Waals surface area contributed by atoms with Crippen molar-refractivity contribution in [3.63, 3.8) is 0 Å². The van der Waals surface area contributed by atoms with Crippen molar-refractivity contribution < 1.29 is 4.79 Å². The number of anilines is 1. The highest BCUT2D eigenvalue weighted by Crippen LogP contribution is 2.28. The predicted octanol–water partition coefficient (Wildman–Crippen LogP) is 2.18. The number of amides is 1. The summed E-state index contributed by atoms with van der Waals surface area (Å²) in [5.74, 6) is 0.230. The topological polar surface area (TPSA) is 39.7 Å². The Morgan fingerprint density at radius 2 is 1.81 bits per heavy atom. The highest BCUT2D eigenvalue weighted by atomic mass is 16.2. The smallest absolute Gasteiger partial charge is 0.244 e. The standard InChI is InChI=1S/C21H26N4O/c1-17(21(26)25-11-9-18-6-2-3-8-20(18)25)24-14-12-23(13-15-24)16-19-7-4-5-10-22-19/h2-8,10,17H,9,11-16H2,1H3. The molecule has 0 spiro atoms. The normalized spacial score (nSPS) is 19.3. The predicted molar refractivity (Wildman–Crippen MR) is 103 cm³/mol. The van der Waals surface area contributed by atoms with Crippen molar-refractivity contribution in [2.45, 2.75) is 25.9 Å². The fourth-order valence-electron chi connectivity index (χ4n) is 3.98. The molecule has 26 heavy (non-hydrogen) atoms. The third-order valence-electron chi connectivity index (χ3n) is 5.58. The Balaban J connectivity index is 1.34. The molecule has 1 fully saturated rings. The van der Waals surface area contributed by atoms with Gasteiger partial charge in [-0.15, -0.1) is 0 Å². The number of fused-ring (bicyclic) bond motifs is 1. The fraction of sp³-hybridized carbons (Fsp3) is 0.429. The van der Waals surface area contributed by atoms with Crippen LogP contribution in [0.4, 0.5) is 5.69 Å². The summed E-state index contributed by atoms with van der Waals surface area (Å²) in [6.07, 6.45) is 2.81. The molecule has 2 aliphatic heterocycles. The van der Waals surface area contributed by atoms with Crippen LogP contribution in [0.2, 0.25) is 0 Å². The van der Waals surface area contributed by atoms with E-state index in [9.17, 15) is 4.79 Å². The number of rotatable bonds is 4. The van der Waals surface area contributed by atoms with Crippen molar-refractivity contribution >= 4 is 11.6 Å². The monoisotopic (exact) mass is 350 g/mol. The molecule has 136 valence electrons. The molecule has 1 amide bonds. The van der Waals surface area contributed by atoms with E-state index in [1.165, 1.54) is 5.56 Å². The van der Waals surface area contributed by atoms with E-state index in [4.69, 9.17) is 0 Å². The molecule has 2 aliphatic rings. The first kappa shape index (κ1) is 17.2. The summed E-state index contributed by atoms with van der Waals surface area (Å²) in [5.41, 5.74) is 3.49. The highest BCUT2D eigenvalue weighted by molar-refractivity contribution is 5.98. The van der Waals surface area contributed by atoms with Gasteiger partial charge >= 0.3 is 0 Å². The van der Waals surface area contributed by atoms with Crippen LogP contribution >= 0.6 is 0 Å². The highest BCUT2D eigenvalue weighted by Gasteiger charge is 2.32. The molecule has 1 saturated heterocycles. The van der Waals surface area contributed by atoms with Gasteiger partial charge in [0, 0.05) is 51.2 Å². The van der Waals surface area contributed by atoms with Crippen molar-refractivity contribution in [3.8, 4) is 0 Å². The first-order valence-corrected chi connectivity index (χ1v) is 9.48. The van der Waals surface area contributed by atoms with Gasteiger partial charge in [0.15, 0.2) is 0 Å². The first-order valence-electron chi connectivity index (χ1n) is 9.48. The molecule has 5 heteroatoms. The van der Waals surface area contributed by atoms with Gasteiger partial charge in [0.2, 0.25) is 5.91 Å². The zero-order valence-electron chi connectivity index (χ0n) is 15.3. The molecule has 0 bridgehead atoms. The van der Waals surface area contributed by atoms with Gasteiger partial charge in [-0.3, -0.25) is 19.6 Å². The number of carbonyl (C=O) groups is 1. The molecule has 1 aromatic carbocycles. The van der Waals surface area contributed by atoms with E-state index in [2.05, 4.69) is 46.0 Å². The average Bonchev–Trinajstić information content (AvgIpc) is 3.12. The third-order valence-corrected chi connectivity index (χ3v) is 5.58. The number of pyridine rings is 1. The van der Waals surface area contributed by atoms with Crippen molar-refractivity contribution in [3.05, 3.63) is 59.9 Å². The van der Waals surface area contributed by atoms with E-state index in [0.29, 0.717) is 0 Å². The minimum absolute atomic E-state index is 0.0712. The van der Waals surface area contributed by atoms with Gasteiger partial charge in [-0.05, 0) is 37.1 Å². The summed E-state index contributed by atoms with van der Waals surface area (Å²) < 4.78 is 0. The number of piperazine rings is 1. The van der Waals surface area contributed by atoms with E-state index in [-0.39, 0.29) is 11.9 Å². The number of hydrogen-bond acceptors (Lipinski definition) is 4. The molecule has 1 aromatic heterocycles. The van der Waals surface area contributed by atoms with Crippen molar-refractivity contribution in [1.82, 2.24) is 14.8 Å². The Morgan fingerprint density at radius 3 is 2.58 bits per heavy atom. The van der Waals surface area contributed by atoms with Crippen molar-refractivity contribution in [2.75, 3.05) is 37.6 Å². The lowest BCUT2D eigenvalue weighted by atomic mass is 10.1. The number of para-hydroxylation sites is 1. The Morgan fingerprint density at radius 1 is 1.04 bits per heavy atom. The largest absolute Gasteiger partial charge is 0.310 e. The number of carbonyl (C=O) groups excluding carboxylic acids is 1. The second-order valence-corrected chi connectivity index (χ2v) is 7.18. The summed E-state index contributed by atoms with van der Waals surface area (Å²) in [6.45, 7) is 7.55. The van der Waals surface area contributed by atoms with Crippen LogP contribution in [-0.4, -0.2) is 59.5 Å². The van der Waals surface area contributed by atoms with Gasteiger partial charge < -0.3 is 4.90 Å². The summed E-state index contributed by atoms with van der Waals surface area (Å²) in [7, 11) is 0. The minimum Gasteiger partial charge on any atom is -0.310 e. The van der Waals surface area contributed by atoms with Gasteiger partial charge in [0.1, 0.15) is 0 Å². The maximum absolute atomic E-state index is 13.0. The van der Waals surface area contributed by atoms with Crippen LogP contribution in [0.1, 0.15) is 18.2 Å². The molecule has 3 heterocycles. The molecule has 0 N–H and O–H groups in total. The minimum atomic E-state index is -0.0712. The van der Waals surface area contributed by atoms with Crippen LogP contribution < -0.4 is 4.90 Å². The third kappa shape index (κ3) is 3.50. The van der Waals surface area contributed by atoms with Crippen LogP contribution in [0.25, 0.3) is 0 Å². The van der Waals surface area contributed by atoms with Gasteiger partial charge in [0.25, 0.3) is 0 Å².